The number of hydrogen-bond donors (Lipinski definition) is 0. The van der Waals surface area contributed by atoms with E-state index in [0.29, 0.717) is 13.0 Å². The molecule has 1 aromatic rings. The molecule has 100 valence electrons. The minimum atomic E-state index is -3.09. The first kappa shape index (κ1) is 13.6. The second kappa shape index (κ2) is 5.41. The summed E-state index contributed by atoms with van der Waals surface area (Å²) in [4.78, 5) is 0. The summed E-state index contributed by atoms with van der Waals surface area (Å²) < 4.78 is 26.2. The Morgan fingerprint density at radius 1 is 1.39 bits per heavy atom. The maximum Gasteiger partial charge on any atom is 0.214 e. The largest absolute Gasteiger partial charge is 0.214 e. The zero-order valence-electron chi connectivity index (χ0n) is 11.1. The van der Waals surface area contributed by atoms with Gasteiger partial charge in [0.15, 0.2) is 0 Å². The molecule has 0 aliphatic carbocycles. The Bertz CT molecular complexity index is 510. The van der Waals surface area contributed by atoms with Gasteiger partial charge in [-0.3, -0.25) is 0 Å². The minimum absolute atomic E-state index is 0.0430. The third kappa shape index (κ3) is 2.75. The van der Waals surface area contributed by atoms with Crippen LogP contribution in [0.25, 0.3) is 0 Å². The summed E-state index contributed by atoms with van der Waals surface area (Å²) in [5, 5.41) is 0. The third-order valence-electron chi connectivity index (χ3n) is 3.45. The summed E-state index contributed by atoms with van der Waals surface area (Å²) in [6, 6.07) is 8.24. The molecule has 0 amide bonds. The Hall–Kier alpha value is -0.870. The van der Waals surface area contributed by atoms with Crippen LogP contribution in [0.2, 0.25) is 0 Å². The molecule has 1 heterocycles. The lowest BCUT2D eigenvalue weighted by Gasteiger charge is -2.24. The molecule has 0 saturated carbocycles. The van der Waals surface area contributed by atoms with Gasteiger partial charge in [-0.15, -0.1) is 0 Å². The van der Waals surface area contributed by atoms with Crippen LogP contribution in [0, 0.1) is 6.92 Å². The molecule has 1 saturated heterocycles. The molecule has 1 unspecified atom stereocenters. The molecule has 1 atom stereocenters. The van der Waals surface area contributed by atoms with E-state index in [-0.39, 0.29) is 11.8 Å². The molecule has 1 aliphatic heterocycles. The fraction of sp³-hybridized carbons (Fsp3) is 0.571. The summed E-state index contributed by atoms with van der Waals surface area (Å²) >= 11 is 0. The zero-order valence-corrected chi connectivity index (χ0v) is 11.9. The van der Waals surface area contributed by atoms with E-state index >= 15 is 0 Å². The first-order chi connectivity index (χ1) is 8.54. The van der Waals surface area contributed by atoms with Gasteiger partial charge in [0, 0.05) is 12.6 Å². The minimum Gasteiger partial charge on any atom is -0.212 e. The monoisotopic (exact) mass is 267 g/mol. The van der Waals surface area contributed by atoms with Crippen molar-refractivity contribution in [3.8, 4) is 0 Å². The van der Waals surface area contributed by atoms with Crippen LogP contribution in [-0.4, -0.2) is 25.0 Å². The fourth-order valence-electron chi connectivity index (χ4n) is 2.66. The lowest BCUT2D eigenvalue weighted by atomic mass is 10.0. The Balaban J connectivity index is 2.28. The highest BCUT2D eigenvalue weighted by atomic mass is 32.2. The molecule has 0 radical (unpaired) electrons. The van der Waals surface area contributed by atoms with Crippen LogP contribution in [0.3, 0.4) is 0 Å². The zero-order chi connectivity index (χ0) is 13.2. The van der Waals surface area contributed by atoms with E-state index in [0.717, 1.165) is 18.4 Å². The third-order valence-corrected chi connectivity index (χ3v) is 5.53. The Labute approximate surface area is 110 Å². The van der Waals surface area contributed by atoms with Gasteiger partial charge >= 0.3 is 0 Å². The van der Waals surface area contributed by atoms with E-state index in [2.05, 4.69) is 6.07 Å². The van der Waals surface area contributed by atoms with Gasteiger partial charge in [0.25, 0.3) is 0 Å². The van der Waals surface area contributed by atoms with Crippen molar-refractivity contribution >= 4 is 10.0 Å². The van der Waals surface area contributed by atoms with Gasteiger partial charge < -0.3 is 0 Å². The molecule has 0 spiro atoms. The van der Waals surface area contributed by atoms with Crippen molar-refractivity contribution in [1.29, 1.82) is 0 Å². The van der Waals surface area contributed by atoms with Crippen molar-refractivity contribution in [3.63, 3.8) is 0 Å². The fourth-order valence-corrected chi connectivity index (χ4v) is 4.43. The van der Waals surface area contributed by atoms with Crippen LogP contribution in [-0.2, 0) is 10.0 Å². The van der Waals surface area contributed by atoms with Crippen LogP contribution in [0.4, 0.5) is 0 Å². The summed E-state index contributed by atoms with van der Waals surface area (Å²) in [5.74, 6) is 0.259. The van der Waals surface area contributed by atoms with Crippen molar-refractivity contribution in [2.24, 2.45) is 0 Å². The normalized spacial score (nSPS) is 21.3. The maximum absolute atomic E-state index is 12.2. The van der Waals surface area contributed by atoms with Crippen molar-refractivity contribution in [1.82, 2.24) is 4.31 Å². The van der Waals surface area contributed by atoms with E-state index < -0.39 is 10.0 Å². The Morgan fingerprint density at radius 2 is 2.17 bits per heavy atom. The lowest BCUT2D eigenvalue weighted by molar-refractivity contribution is 0.396. The predicted molar refractivity (Wildman–Crippen MR) is 73.9 cm³/mol. The standard InChI is InChI=1S/C14H21NO2S/c1-3-10-18(16,17)15-9-5-8-14(15)13-7-4-6-12(2)11-13/h4,6-7,11,14H,3,5,8-10H2,1-2H3. The maximum atomic E-state index is 12.2. The van der Waals surface area contributed by atoms with Gasteiger partial charge in [-0.2, -0.15) is 4.31 Å². The highest BCUT2D eigenvalue weighted by Gasteiger charge is 2.34. The van der Waals surface area contributed by atoms with Gasteiger partial charge in [0.1, 0.15) is 0 Å². The van der Waals surface area contributed by atoms with Gasteiger partial charge in [-0.05, 0) is 31.7 Å². The Kier molecular flexibility index (Phi) is 4.07. The van der Waals surface area contributed by atoms with Gasteiger partial charge in [0.05, 0.1) is 5.75 Å². The second-order valence-corrected chi connectivity index (χ2v) is 7.04. The molecule has 18 heavy (non-hydrogen) atoms. The number of nitrogens with zero attached hydrogens (tertiary/aromatic N) is 1. The van der Waals surface area contributed by atoms with Gasteiger partial charge in [-0.1, -0.05) is 36.8 Å². The number of rotatable bonds is 4. The molecule has 4 heteroatoms. The number of aryl methyl sites for hydroxylation is 1. The van der Waals surface area contributed by atoms with Crippen LogP contribution in [0.1, 0.15) is 43.4 Å². The van der Waals surface area contributed by atoms with E-state index in [1.165, 1.54) is 5.56 Å². The van der Waals surface area contributed by atoms with Gasteiger partial charge in [0.2, 0.25) is 10.0 Å². The summed E-state index contributed by atoms with van der Waals surface area (Å²) in [5.41, 5.74) is 2.32. The molecule has 0 N–H and O–H groups in total. The average Bonchev–Trinajstić information content (AvgIpc) is 2.78. The summed E-state index contributed by atoms with van der Waals surface area (Å²) in [7, 11) is -3.09. The van der Waals surface area contributed by atoms with E-state index in [1.807, 2.05) is 32.0 Å². The van der Waals surface area contributed by atoms with E-state index in [4.69, 9.17) is 0 Å². The molecule has 2 rings (SSSR count). The topological polar surface area (TPSA) is 37.4 Å². The van der Waals surface area contributed by atoms with Gasteiger partial charge in [-0.25, -0.2) is 8.42 Å². The quantitative estimate of drug-likeness (QED) is 0.841. The molecular weight excluding hydrogens is 246 g/mol. The van der Waals surface area contributed by atoms with E-state index in [1.54, 1.807) is 4.31 Å². The highest BCUT2D eigenvalue weighted by Crippen LogP contribution is 2.34. The number of benzene rings is 1. The summed E-state index contributed by atoms with van der Waals surface area (Å²) in [6.07, 6.45) is 2.58. The summed E-state index contributed by atoms with van der Waals surface area (Å²) in [6.45, 7) is 4.62. The molecular formula is C14H21NO2S. The van der Waals surface area contributed by atoms with Crippen LogP contribution >= 0.6 is 0 Å². The van der Waals surface area contributed by atoms with E-state index in [9.17, 15) is 8.42 Å². The Morgan fingerprint density at radius 3 is 2.83 bits per heavy atom. The molecule has 1 aliphatic rings. The highest BCUT2D eigenvalue weighted by molar-refractivity contribution is 7.89. The predicted octanol–water partition coefficient (Wildman–Crippen LogP) is 2.87. The molecule has 0 bridgehead atoms. The molecule has 0 aromatic heterocycles. The van der Waals surface area contributed by atoms with Crippen molar-refractivity contribution in [2.45, 2.75) is 39.2 Å². The van der Waals surface area contributed by atoms with Crippen molar-refractivity contribution in [2.75, 3.05) is 12.3 Å². The number of sulfonamides is 1. The first-order valence-corrected chi connectivity index (χ1v) is 8.21. The van der Waals surface area contributed by atoms with Crippen molar-refractivity contribution < 1.29 is 8.42 Å². The average molecular weight is 267 g/mol. The SMILES string of the molecule is CCCS(=O)(=O)N1CCCC1c1cccc(C)c1. The lowest BCUT2D eigenvalue weighted by Crippen LogP contribution is -2.32. The second-order valence-electron chi connectivity index (χ2n) is 5.00. The number of hydrogen-bond acceptors (Lipinski definition) is 2. The van der Waals surface area contributed by atoms with Crippen molar-refractivity contribution in [3.05, 3.63) is 35.4 Å². The van der Waals surface area contributed by atoms with Crippen LogP contribution in [0.5, 0.6) is 0 Å². The van der Waals surface area contributed by atoms with Crippen LogP contribution < -0.4 is 0 Å². The molecule has 3 nitrogen and oxygen atoms in total. The molecule has 1 fully saturated rings. The smallest absolute Gasteiger partial charge is 0.212 e. The molecule has 1 aromatic carbocycles. The first-order valence-electron chi connectivity index (χ1n) is 6.60. The van der Waals surface area contributed by atoms with Crippen LogP contribution in [0.15, 0.2) is 24.3 Å².